The fraction of sp³-hybridized carbons (Fsp3) is 0.368. The molecule has 4 rings (SSSR count). The maximum absolute atomic E-state index is 11.7. The van der Waals surface area contributed by atoms with Crippen LogP contribution in [0.1, 0.15) is 17.7 Å². The SMILES string of the molecule is COc1cc2nc(-c3cc4n(n3)CCCNC4)cc(C)c2cc1NS(C)(=O)=O.Cl.Cl. The minimum absolute atomic E-state index is 0. The molecule has 11 heteroatoms. The van der Waals surface area contributed by atoms with Gasteiger partial charge in [-0.05, 0) is 43.7 Å². The lowest BCUT2D eigenvalue weighted by atomic mass is 10.1. The van der Waals surface area contributed by atoms with Gasteiger partial charge < -0.3 is 10.1 Å². The van der Waals surface area contributed by atoms with Crippen molar-refractivity contribution >= 4 is 51.4 Å². The second-order valence-electron chi connectivity index (χ2n) is 7.04. The second-order valence-corrected chi connectivity index (χ2v) is 8.79. The van der Waals surface area contributed by atoms with Gasteiger partial charge in [-0.3, -0.25) is 9.40 Å². The Kier molecular flexibility index (Phi) is 7.57. The molecule has 0 aliphatic carbocycles. The zero-order valence-corrected chi connectivity index (χ0v) is 19.4. The fourth-order valence-electron chi connectivity index (χ4n) is 3.49. The van der Waals surface area contributed by atoms with Gasteiger partial charge in [0, 0.05) is 24.5 Å². The summed E-state index contributed by atoms with van der Waals surface area (Å²) in [5.41, 5.74) is 4.89. The van der Waals surface area contributed by atoms with Crippen LogP contribution >= 0.6 is 24.8 Å². The smallest absolute Gasteiger partial charge is 0.229 e. The van der Waals surface area contributed by atoms with E-state index in [-0.39, 0.29) is 24.8 Å². The van der Waals surface area contributed by atoms with Gasteiger partial charge in [-0.25, -0.2) is 13.4 Å². The number of benzene rings is 1. The number of aromatic nitrogens is 3. The van der Waals surface area contributed by atoms with Gasteiger partial charge in [0.2, 0.25) is 10.0 Å². The Bertz CT molecular complexity index is 1140. The van der Waals surface area contributed by atoms with Crippen LogP contribution in [0.25, 0.3) is 22.3 Å². The Balaban J connectivity index is 0.00000160. The monoisotopic (exact) mass is 473 g/mol. The van der Waals surface area contributed by atoms with Crippen LogP contribution in [0.2, 0.25) is 0 Å². The van der Waals surface area contributed by atoms with E-state index in [9.17, 15) is 8.42 Å². The lowest BCUT2D eigenvalue weighted by Gasteiger charge is -2.13. The number of hydrogen-bond acceptors (Lipinski definition) is 6. The number of nitrogens with zero attached hydrogens (tertiary/aromatic N) is 3. The molecule has 0 fully saturated rings. The van der Waals surface area contributed by atoms with Crippen molar-refractivity contribution in [3.05, 3.63) is 35.5 Å². The summed E-state index contributed by atoms with van der Waals surface area (Å²) >= 11 is 0. The van der Waals surface area contributed by atoms with Crippen LogP contribution in [0.15, 0.2) is 24.3 Å². The molecule has 2 aromatic heterocycles. The molecule has 0 spiro atoms. The first kappa shape index (κ1) is 24.2. The maximum Gasteiger partial charge on any atom is 0.229 e. The van der Waals surface area contributed by atoms with Crippen molar-refractivity contribution in [1.82, 2.24) is 20.1 Å². The molecule has 0 saturated heterocycles. The molecular weight excluding hydrogens is 449 g/mol. The van der Waals surface area contributed by atoms with E-state index in [0.717, 1.165) is 65.9 Å². The van der Waals surface area contributed by atoms with Gasteiger partial charge in [0.15, 0.2) is 0 Å². The average molecular weight is 474 g/mol. The summed E-state index contributed by atoms with van der Waals surface area (Å²) in [6.45, 7) is 4.67. The first-order chi connectivity index (χ1) is 13.3. The van der Waals surface area contributed by atoms with Gasteiger partial charge in [-0.15, -0.1) is 24.8 Å². The summed E-state index contributed by atoms with van der Waals surface area (Å²) in [6.07, 6.45) is 2.16. The van der Waals surface area contributed by atoms with Gasteiger partial charge >= 0.3 is 0 Å². The van der Waals surface area contributed by atoms with E-state index in [0.29, 0.717) is 11.4 Å². The Morgan fingerprint density at radius 2 is 1.93 bits per heavy atom. The summed E-state index contributed by atoms with van der Waals surface area (Å²) in [6, 6.07) is 7.56. The van der Waals surface area contributed by atoms with Gasteiger partial charge in [0.25, 0.3) is 0 Å². The number of fused-ring (bicyclic) bond motifs is 2. The highest BCUT2D eigenvalue weighted by Gasteiger charge is 2.16. The summed E-state index contributed by atoms with van der Waals surface area (Å²) in [5.74, 6) is 0.423. The lowest BCUT2D eigenvalue weighted by Crippen LogP contribution is -2.11. The zero-order valence-electron chi connectivity index (χ0n) is 16.9. The Morgan fingerprint density at radius 3 is 2.63 bits per heavy atom. The third-order valence-corrected chi connectivity index (χ3v) is 5.38. The Hall–Kier alpha value is -2.07. The number of anilines is 1. The predicted molar refractivity (Wildman–Crippen MR) is 124 cm³/mol. The molecule has 1 aromatic carbocycles. The average Bonchev–Trinajstić information content (AvgIpc) is 2.91. The number of nitrogens with one attached hydrogen (secondary N) is 2. The van der Waals surface area contributed by atoms with Crippen LogP contribution in [-0.4, -0.2) is 43.1 Å². The highest BCUT2D eigenvalue weighted by molar-refractivity contribution is 7.92. The summed E-state index contributed by atoms with van der Waals surface area (Å²) in [5, 5.41) is 8.98. The van der Waals surface area contributed by atoms with Gasteiger partial charge in [0.1, 0.15) is 11.4 Å². The molecule has 30 heavy (non-hydrogen) atoms. The van der Waals surface area contributed by atoms with E-state index in [4.69, 9.17) is 14.8 Å². The van der Waals surface area contributed by atoms with Crippen LogP contribution in [-0.2, 0) is 23.1 Å². The lowest BCUT2D eigenvalue weighted by molar-refractivity contribution is 0.417. The highest BCUT2D eigenvalue weighted by Crippen LogP contribution is 2.33. The van der Waals surface area contributed by atoms with Crippen molar-refractivity contribution in [3.8, 4) is 17.1 Å². The van der Waals surface area contributed by atoms with E-state index in [1.165, 1.54) is 7.11 Å². The minimum Gasteiger partial charge on any atom is -0.494 e. The minimum atomic E-state index is -3.42. The normalized spacial score (nSPS) is 13.6. The van der Waals surface area contributed by atoms with Crippen molar-refractivity contribution in [1.29, 1.82) is 0 Å². The largest absolute Gasteiger partial charge is 0.494 e. The van der Waals surface area contributed by atoms with Gasteiger partial charge in [-0.2, -0.15) is 5.10 Å². The molecule has 2 N–H and O–H groups in total. The summed E-state index contributed by atoms with van der Waals surface area (Å²) in [7, 11) is -1.91. The number of pyridine rings is 1. The molecule has 1 aliphatic rings. The van der Waals surface area contributed by atoms with Gasteiger partial charge in [0.05, 0.1) is 36.0 Å². The molecule has 3 aromatic rings. The molecule has 8 nitrogen and oxygen atoms in total. The highest BCUT2D eigenvalue weighted by atomic mass is 35.5. The molecule has 3 heterocycles. The van der Waals surface area contributed by atoms with Crippen molar-refractivity contribution in [2.24, 2.45) is 0 Å². The van der Waals surface area contributed by atoms with Crippen molar-refractivity contribution in [2.75, 3.05) is 24.6 Å². The van der Waals surface area contributed by atoms with Crippen molar-refractivity contribution < 1.29 is 13.2 Å². The van der Waals surface area contributed by atoms with E-state index in [2.05, 4.69) is 16.1 Å². The molecule has 0 bridgehead atoms. The molecule has 1 aliphatic heterocycles. The molecule has 0 unspecified atom stereocenters. The Morgan fingerprint density at radius 1 is 1.17 bits per heavy atom. The van der Waals surface area contributed by atoms with E-state index in [1.54, 1.807) is 12.1 Å². The molecule has 0 atom stereocenters. The Labute approximate surface area is 188 Å². The quantitative estimate of drug-likeness (QED) is 0.603. The van der Waals surface area contributed by atoms with Gasteiger partial charge in [-0.1, -0.05) is 0 Å². The number of sulfonamides is 1. The summed E-state index contributed by atoms with van der Waals surface area (Å²) in [4.78, 5) is 4.77. The second kappa shape index (κ2) is 9.38. The van der Waals surface area contributed by atoms with Crippen LogP contribution in [0, 0.1) is 6.92 Å². The molecule has 0 amide bonds. The third kappa shape index (κ3) is 4.97. The van der Waals surface area contributed by atoms with Crippen LogP contribution in [0.4, 0.5) is 5.69 Å². The first-order valence-corrected chi connectivity index (χ1v) is 11.0. The van der Waals surface area contributed by atoms with E-state index < -0.39 is 10.0 Å². The van der Waals surface area contributed by atoms with E-state index >= 15 is 0 Å². The molecule has 164 valence electrons. The number of ether oxygens (including phenoxy) is 1. The number of aryl methyl sites for hydroxylation is 2. The van der Waals surface area contributed by atoms with Crippen LogP contribution < -0.4 is 14.8 Å². The number of methoxy groups -OCH3 is 1. The fourth-order valence-corrected chi connectivity index (χ4v) is 4.05. The standard InChI is InChI=1S/C19H23N5O3S.2ClH/c1-12-7-16(17-8-13-11-20-5-4-6-24(13)22-17)21-15-10-19(27-2)18(9-14(12)15)23-28(3,25)26;;/h7-10,20,23H,4-6,11H2,1-3H3;2*1H. The molecule has 0 saturated carbocycles. The van der Waals surface area contributed by atoms with Crippen LogP contribution in [0.5, 0.6) is 5.75 Å². The number of rotatable bonds is 4. The number of halogens is 2. The topological polar surface area (TPSA) is 98.1 Å². The van der Waals surface area contributed by atoms with Crippen molar-refractivity contribution in [2.45, 2.75) is 26.4 Å². The third-order valence-electron chi connectivity index (χ3n) is 4.79. The number of hydrogen-bond donors (Lipinski definition) is 2. The zero-order chi connectivity index (χ0) is 19.9. The molecular formula is C19H25Cl2N5O3S. The predicted octanol–water partition coefficient (Wildman–Crippen LogP) is 3.12. The maximum atomic E-state index is 11.7. The molecule has 0 radical (unpaired) electrons. The first-order valence-electron chi connectivity index (χ1n) is 9.09. The summed E-state index contributed by atoms with van der Waals surface area (Å²) < 4.78 is 33.2. The van der Waals surface area contributed by atoms with E-state index in [1.807, 2.05) is 17.7 Å². The van der Waals surface area contributed by atoms with Crippen molar-refractivity contribution in [3.63, 3.8) is 0 Å². The van der Waals surface area contributed by atoms with Crippen LogP contribution in [0.3, 0.4) is 0 Å².